The lowest BCUT2D eigenvalue weighted by atomic mass is 9.95. The molecular weight excluding hydrogens is 559 g/mol. The van der Waals surface area contributed by atoms with Crippen molar-refractivity contribution in [1.82, 2.24) is 19.4 Å². The number of ether oxygens (including phenoxy) is 2. The van der Waals surface area contributed by atoms with E-state index in [1.807, 2.05) is 4.90 Å². The summed E-state index contributed by atoms with van der Waals surface area (Å²) in [5.41, 5.74) is 0.547. The molecule has 43 heavy (non-hydrogen) atoms. The Morgan fingerprint density at radius 1 is 1.16 bits per heavy atom. The van der Waals surface area contributed by atoms with E-state index in [9.17, 15) is 13.9 Å². The van der Waals surface area contributed by atoms with Crippen molar-refractivity contribution in [1.29, 1.82) is 0 Å². The summed E-state index contributed by atoms with van der Waals surface area (Å²) >= 11 is 0. The van der Waals surface area contributed by atoms with Gasteiger partial charge >= 0.3 is 0 Å². The molecule has 8 nitrogen and oxygen atoms in total. The van der Waals surface area contributed by atoms with E-state index in [0.717, 1.165) is 19.4 Å². The second kappa shape index (κ2) is 10.9. The molecule has 3 aliphatic heterocycles. The molecule has 2 aromatic heterocycles. The second-order valence-corrected chi connectivity index (χ2v) is 11.7. The van der Waals surface area contributed by atoms with Crippen LogP contribution >= 0.6 is 0 Å². The van der Waals surface area contributed by atoms with Gasteiger partial charge in [-0.25, -0.2) is 18.2 Å². The van der Waals surface area contributed by atoms with Crippen LogP contribution in [0.3, 0.4) is 0 Å². The number of rotatable bonds is 6. The molecule has 3 saturated heterocycles. The highest BCUT2D eigenvalue weighted by molar-refractivity contribution is 5.93. The Morgan fingerprint density at radius 3 is 2.91 bits per heavy atom. The number of fused-ring (bicyclic) bond motifs is 3. The summed E-state index contributed by atoms with van der Waals surface area (Å²) in [7, 11) is 0. The van der Waals surface area contributed by atoms with Gasteiger partial charge in [-0.1, -0.05) is 12.0 Å². The summed E-state index contributed by atoms with van der Waals surface area (Å²) in [4.78, 5) is 13.2. The Kier molecular flexibility index (Phi) is 7.06. The number of alkyl halides is 1. The molecule has 0 aliphatic carbocycles. The number of phenols is 1. The lowest BCUT2D eigenvalue weighted by Gasteiger charge is -2.31. The molecule has 0 saturated carbocycles. The minimum absolute atomic E-state index is 0.0268. The fraction of sp³-hybridized carbons (Fsp3) is 0.438. The number of imidazole rings is 1. The van der Waals surface area contributed by atoms with Crippen LogP contribution in [0.4, 0.5) is 19.0 Å². The molecule has 1 N–H and O–H groups in total. The monoisotopic (exact) mass is 591 g/mol. The predicted molar refractivity (Wildman–Crippen MR) is 156 cm³/mol. The van der Waals surface area contributed by atoms with Crippen LogP contribution in [0.5, 0.6) is 11.6 Å². The fourth-order valence-corrected chi connectivity index (χ4v) is 7.07. The SMILES string of the molecule is C#Cc1c(F)ccc2cc(O)cc(Cn3cnc4c(OC[C@@]56CCCN5C[C@H](F)C6)nc(N5CCCOCC5)c(F)c43)c12. The van der Waals surface area contributed by atoms with Gasteiger partial charge in [0, 0.05) is 44.6 Å². The zero-order chi connectivity index (χ0) is 29.7. The van der Waals surface area contributed by atoms with Crippen molar-refractivity contribution in [3.05, 3.63) is 53.4 Å². The van der Waals surface area contributed by atoms with E-state index in [4.69, 9.17) is 15.9 Å². The van der Waals surface area contributed by atoms with Gasteiger partial charge in [-0.15, -0.1) is 6.42 Å². The maximum atomic E-state index is 16.5. The van der Waals surface area contributed by atoms with Crippen molar-refractivity contribution in [2.24, 2.45) is 0 Å². The zero-order valence-corrected chi connectivity index (χ0v) is 23.7. The minimum atomic E-state index is -0.910. The minimum Gasteiger partial charge on any atom is -0.508 e. The topological polar surface area (TPSA) is 75.9 Å². The zero-order valence-electron chi connectivity index (χ0n) is 23.7. The molecule has 5 heterocycles. The highest BCUT2D eigenvalue weighted by Gasteiger charge is 2.49. The number of aromatic nitrogens is 3. The van der Waals surface area contributed by atoms with Gasteiger partial charge in [-0.3, -0.25) is 4.90 Å². The third-order valence-corrected chi connectivity index (χ3v) is 9.03. The first kappa shape index (κ1) is 27.8. The van der Waals surface area contributed by atoms with Gasteiger partial charge < -0.3 is 24.0 Å². The van der Waals surface area contributed by atoms with Crippen molar-refractivity contribution >= 4 is 27.6 Å². The summed E-state index contributed by atoms with van der Waals surface area (Å²) in [5, 5.41) is 11.5. The Bertz CT molecular complexity index is 1750. The van der Waals surface area contributed by atoms with Crippen molar-refractivity contribution in [2.45, 2.75) is 43.9 Å². The van der Waals surface area contributed by atoms with Crippen LogP contribution in [-0.2, 0) is 11.3 Å². The molecule has 3 aliphatic rings. The summed E-state index contributed by atoms with van der Waals surface area (Å²) in [6, 6.07) is 5.82. The number of nitrogens with zero attached hydrogens (tertiary/aromatic N) is 5. The number of phenolic OH excluding ortho intramolecular Hbond substituents is 1. The molecule has 3 fully saturated rings. The molecular formula is C32H32F3N5O3. The largest absolute Gasteiger partial charge is 0.508 e. The van der Waals surface area contributed by atoms with Crippen LogP contribution in [0.2, 0.25) is 0 Å². The highest BCUT2D eigenvalue weighted by atomic mass is 19.1. The van der Waals surface area contributed by atoms with Crippen molar-refractivity contribution < 1.29 is 27.8 Å². The summed E-state index contributed by atoms with van der Waals surface area (Å²) < 4.78 is 59.2. The molecule has 2 aromatic carbocycles. The van der Waals surface area contributed by atoms with E-state index in [2.05, 4.69) is 20.8 Å². The number of hydrogen-bond acceptors (Lipinski definition) is 7. The van der Waals surface area contributed by atoms with Crippen LogP contribution in [-0.4, -0.2) is 82.3 Å². The number of halogens is 3. The van der Waals surface area contributed by atoms with E-state index in [-0.39, 0.29) is 47.2 Å². The molecule has 0 spiro atoms. The van der Waals surface area contributed by atoms with E-state index in [1.165, 1.54) is 24.5 Å². The lowest BCUT2D eigenvalue weighted by Crippen LogP contribution is -2.43. The molecule has 0 radical (unpaired) electrons. The number of terminal acetylenes is 1. The van der Waals surface area contributed by atoms with Gasteiger partial charge in [0.05, 0.1) is 24.0 Å². The molecule has 11 heteroatoms. The van der Waals surface area contributed by atoms with E-state index in [1.54, 1.807) is 10.6 Å². The molecule has 4 aromatic rings. The number of pyridine rings is 1. The van der Waals surface area contributed by atoms with E-state index >= 15 is 4.39 Å². The van der Waals surface area contributed by atoms with Crippen molar-refractivity contribution in [3.8, 4) is 24.0 Å². The average molecular weight is 592 g/mol. The third-order valence-electron chi connectivity index (χ3n) is 9.03. The average Bonchev–Trinajstić information content (AvgIpc) is 3.58. The van der Waals surface area contributed by atoms with Gasteiger partial charge in [0.25, 0.3) is 0 Å². The van der Waals surface area contributed by atoms with Crippen LogP contribution in [0.25, 0.3) is 21.8 Å². The number of aromatic hydroxyl groups is 1. The maximum absolute atomic E-state index is 16.5. The van der Waals surface area contributed by atoms with Crippen LogP contribution in [0, 0.1) is 24.0 Å². The number of hydrogen-bond donors (Lipinski definition) is 1. The Hall–Kier alpha value is -4.01. The number of benzene rings is 2. The first-order valence-electron chi connectivity index (χ1n) is 14.7. The smallest absolute Gasteiger partial charge is 0.244 e. The summed E-state index contributed by atoms with van der Waals surface area (Å²) in [5.74, 6) is 1.57. The normalized spacial score (nSPS) is 22.7. The molecule has 0 amide bonds. The Labute approximate surface area is 247 Å². The first-order valence-corrected chi connectivity index (χ1v) is 14.7. The first-order chi connectivity index (χ1) is 20.9. The van der Waals surface area contributed by atoms with Gasteiger partial charge in [0.1, 0.15) is 29.9 Å². The van der Waals surface area contributed by atoms with Gasteiger partial charge in [0.15, 0.2) is 17.2 Å². The standard InChI is InChI=1S/C32H32F3N5O3/c1-2-24-25(34)6-5-20-13-23(41)14-21(26(20)24)16-39-19-36-28-29(39)27(35)30(38-8-4-11-42-12-10-38)37-31(28)43-18-32-7-3-9-40(32)17-22(33)15-32/h1,5-6,13-14,19,22,41H,3-4,7-12,15-18H2/t22-,32+/m1/s1. The second-order valence-electron chi connectivity index (χ2n) is 11.7. The molecule has 7 rings (SSSR count). The summed E-state index contributed by atoms with van der Waals surface area (Å²) in [6.45, 7) is 3.48. The quantitative estimate of drug-likeness (QED) is 0.324. The Balaban J connectivity index is 1.34. The molecule has 0 unspecified atom stereocenters. The van der Waals surface area contributed by atoms with E-state index in [0.29, 0.717) is 62.0 Å². The maximum Gasteiger partial charge on any atom is 0.244 e. The third kappa shape index (κ3) is 4.82. The molecule has 0 bridgehead atoms. The fourth-order valence-electron chi connectivity index (χ4n) is 7.07. The van der Waals surface area contributed by atoms with Gasteiger partial charge in [-0.2, -0.15) is 4.98 Å². The Morgan fingerprint density at radius 2 is 2.05 bits per heavy atom. The van der Waals surface area contributed by atoms with Crippen molar-refractivity contribution in [2.75, 3.05) is 50.9 Å². The molecule has 224 valence electrons. The lowest BCUT2D eigenvalue weighted by molar-refractivity contribution is 0.111. The predicted octanol–water partition coefficient (Wildman–Crippen LogP) is 4.78. The van der Waals surface area contributed by atoms with Gasteiger partial charge in [0.2, 0.25) is 5.88 Å². The van der Waals surface area contributed by atoms with E-state index < -0.39 is 23.3 Å². The highest BCUT2D eigenvalue weighted by Crippen LogP contribution is 2.41. The van der Waals surface area contributed by atoms with Gasteiger partial charge in [-0.05, 0) is 55.0 Å². The van der Waals surface area contributed by atoms with Crippen molar-refractivity contribution in [3.63, 3.8) is 0 Å². The molecule has 2 atom stereocenters. The number of anilines is 1. The summed E-state index contributed by atoms with van der Waals surface area (Å²) in [6.07, 6.45) is 9.13. The van der Waals surface area contributed by atoms with Crippen LogP contribution in [0.15, 0.2) is 30.6 Å². The van der Waals surface area contributed by atoms with Crippen LogP contribution in [0.1, 0.15) is 36.8 Å². The van der Waals surface area contributed by atoms with Crippen LogP contribution < -0.4 is 9.64 Å².